The molecule has 0 bridgehead atoms. The lowest BCUT2D eigenvalue weighted by atomic mass is 10.0. The first-order valence-corrected chi connectivity index (χ1v) is 8.87. The van der Waals surface area contributed by atoms with E-state index in [2.05, 4.69) is 10.1 Å². The van der Waals surface area contributed by atoms with Crippen LogP contribution in [0.4, 0.5) is 0 Å². The van der Waals surface area contributed by atoms with E-state index in [0.717, 1.165) is 12.1 Å². The van der Waals surface area contributed by atoms with Crippen molar-refractivity contribution >= 4 is 12.2 Å². The van der Waals surface area contributed by atoms with Gasteiger partial charge < -0.3 is 14.4 Å². The molecule has 8 nitrogen and oxygen atoms in total. The second kappa shape index (κ2) is 7.32. The highest BCUT2D eigenvalue weighted by Gasteiger charge is 2.29. The highest BCUT2D eigenvalue weighted by atomic mass is 16.5. The van der Waals surface area contributed by atoms with Crippen molar-refractivity contribution in [2.45, 2.75) is 25.4 Å². The summed E-state index contributed by atoms with van der Waals surface area (Å²) < 4.78 is 8.45. The smallest absolute Gasteiger partial charge is 0.339 e. The highest BCUT2D eigenvalue weighted by Crippen LogP contribution is 2.26. The number of pyridine rings is 1. The minimum absolute atomic E-state index is 0.0223. The van der Waals surface area contributed by atoms with E-state index in [1.54, 1.807) is 33.8 Å². The Hall–Kier alpha value is -3.00. The number of carboxylic acid groups (broad SMARTS) is 1. The molecule has 140 valence electrons. The predicted octanol–water partition coefficient (Wildman–Crippen LogP) is 1.53. The van der Waals surface area contributed by atoms with Crippen molar-refractivity contribution in [2.75, 3.05) is 13.2 Å². The Labute approximate surface area is 155 Å². The molecule has 0 radical (unpaired) electrons. The average molecular weight is 368 g/mol. The summed E-state index contributed by atoms with van der Waals surface area (Å²) in [7, 11) is 0. The van der Waals surface area contributed by atoms with Crippen LogP contribution in [0.5, 0.6) is 0 Å². The Bertz CT molecular complexity index is 968. The molecular formula is C19H20N4O4. The molecule has 27 heavy (non-hydrogen) atoms. The first-order valence-electron chi connectivity index (χ1n) is 8.87. The molecule has 2 aliphatic rings. The monoisotopic (exact) mass is 368 g/mol. The van der Waals surface area contributed by atoms with Crippen molar-refractivity contribution < 1.29 is 14.6 Å². The van der Waals surface area contributed by atoms with Gasteiger partial charge in [0, 0.05) is 37.1 Å². The zero-order chi connectivity index (χ0) is 18.8. The van der Waals surface area contributed by atoms with Gasteiger partial charge in [-0.25, -0.2) is 4.79 Å². The van der Waals surface area contributed by atoms with Crippen LogP contribution < -0.4 is 5.56 Å². The number of carboxylic acids is 1. The zero-order valence-electron chi connectivity index (χ0n) is 14.7. The van der Waals surface area contributed by atoms with Crippen molar-refractivity contribution in [3.05, 3.63) is 64.0 Å². The van der Waals surface area contributed by atoms with E-state index in [0.29, 0.717) is 32.0 Å². The molecular weight excluding hydrogens is 348 g/mol. The molecule has 0 spiro atoms. The van der Waals surface area contributed by atoms with Crippen molar-refractivity contribution in [3.8, 4) is 0 Å². The quantitative estimate of drug-likeness (QED) is 0.834. The Balaban J connectivity index is 1.42. The van der Waals surface area contributed by atoms with Gasteiger partial charge in [0.05, 0.1) is 37.1 Å². The highest BCUT2D eigenvalue weighted by molar-refractivity contribution is 5.88. The molecule has 1 fully saturated rings. The van der Waals surface area contributed by atoms with Crippen LogP contribution in [0.25, 0.3) is 0 Å². The Morgan fingerprint density at radius 3 is 2.81 bits per heavy atom. The number of nitrogens with zero attached hydrogens (tertiary/aromatic N) is 4. The third kappa shape index (κ3) is 3.75. The summed E-state index contributed by atoms with van der Waals surface area (Å²) in [5, 5.41) is 13.8. The molecule has 1 N–H and O–H groups in total. The maximum absolute atomic E-state index is 11.8. The maximum atomic E-state index is 11.8. The largest absolute Gasteiger partial charge is 0.478 e. The summed E-state index contributed by atoms with van der Waals surface area (Å²) in [5.41, 5.74) is 1.62. The molecule has 0 amide bonds. The summed E-state index contributed by atoms with van der Waals surface area (Å²) in [6, 6.07) is 5.11. The van der Waals surface area contributed by atoms with Crippen molar-refractivity contribution in [1.82, 2.24) is 14.3 Å². The van der Waals surface area contributed by atoms with Gasteiger partial charge in [0.15, 0.2) is 0 Å². The third-order valence-electron chi connectivity index (χ3n) is 4.81. The summed E-state index contributed by atoms with van der Waals surface area (Å²) in [4.78, 5) is 27.7. The van der Waals surface area contributed by atoms with E-state index < -0.39 is 5.97 Å². The fourth-order valence-corrected chi connectivity index (χ4v) is 3.24. The van der Waals surface area contributed by atoms with Crippen molar-refractivity contribution in [2.24, 2.45) is 10.9 Å². The Kier molecular flexibility index (Phi) is 4.72. The average Bonchev–Trinajstić information content (AvgIpc) is 3.00. The molecule has 1 unspecified atom stereocenters. The third-order valence-corrected chi connectivity index (χ3v) is 4.81. The molecule has 0 aliphatic carbocycles. The zero-order valence-corrected chi connectivity index (χ0v) is 14.7. The van der Waals surface area contributed by atoms with Crippen LogP contribution in [0.2, 0.25) is 0 Å². The molecule has 2 aromatic rings. The van der Waals surface area contributed by atoms with Crippen LogP contribution in [0.3, 0.4) is 0 Å². The minimum atomic E-state index is -0.974. The van der Waals surface area contributed by atoms with Gasteiger partial charge in [0.25, 0.3) is 5.56 Å². The normalized spacial score (nSPS) is 19.6. The molecule has 8 heteroatoms. The first kappa shape index (κ1) is 17.4. The van der Waals surface area contributed by atoms with Crippen LogP contribution >= 0.6 is 0 Å². The summed E-state index contributed by atoms with van der Waals surface area (Å²) in [6.45, 7) is 2.03. The van der Waals surface area contributed by atoms with E-state index in [-0.39, 0.29) is 23.0 Å². The van der Waals surface area contributed by atoms with Gasteiger partial charge >= 0.3 is 5.97 Å². The standard InChI is InChI=1S/C19H20N4O4/c24-17-3-1-2-6-22(17)8-13-4-5-15(20-7-13)9-23-10-16(19(25)26)18(21-23)14-11-27-12-14/h1-3,5-7,10,13-14H,4,8-9,11-12H2,(H,25,26). The second-order valence-corrected chi connectivity index (χ2v) is 6.83. The van der Waals surface area contributed by atoms with E-state index in [1.807, 2.05) is 18.4 Å². The lowest BCUT2D eigenvalue weighted by Gasteiger charge is -2.24. The molecule has 2 aromatic heterocycles. The van der Waals surface area contributed by atoms with E-state index in [1.165, 1.54) is 0 Å². The van der Waals surface area contributed by atoms with Crippen LogP contribution in [0.15, 0.2) is 52.2 Å². The van der Waals surface area contributed by atoms with Crippen molar-refractivity contribution in [3.63, 3.8) is 0 Å². The molecule has 4 rings (SSSR count). The number of hydrogen-bond donors (Lipinski definition) is 1. The molecule has 4 heterocycles. The summed E-state index contributed by atoms with van der Waals surface area (Å²) >= 11 is 0. The SMILES string of the molecule is O=C(O)c1cn(CC2=CCC(Cn3ccccc3=O)C=N2)nc1C1COC1. The Morgan fingerprint density at radius 1 is 1.33 bits per heavy atom. The molecule has 1 atom stereocenters. The fourth-order valence-electron chi connectivity index (χ4n) is 3.24. The summed E-state index contributed by atoms with van der Waals surface area (Å²) in [6.07, 6.45) is 7.99. The van der Waals surface area contributed by atoms with Gasteiger partial charge in [-0.1, -0.05) is 12.1 Å². The molecule has 0 aromatic carbocycles. The molecule has 2 aliphatic heterocycles. The van der Waals surface area contributed by atoms with Gasteiger partial charge in [-0.15, -0.1) is 0 Å². The topological polar surface area (TPSA) is 98.7 Å². The maximum Gasteiger partial charge on any atom is 0.339 e. The van der Waals surface area contributed by atoms with E-state index in [9.17, 15) is 14.7 Å². The number of rotatable bonds is 6. The van der Waals surface area contributed by atoms with Crippen molar-refractivity contribution in [1.29, 1.82) is 0 Å². The summed E-state index contributed by atoms with van der Waals surface area (Å²) in [5.74, 6) is -0.767. The Morgan fingerprint density at radius 2 is 2.19 bits per heavy atom. The van der Waals surface area contributed by atoms with Gasteiger partial charge in [-0.3, -0.25) is 14.5 Å². The number of ether oxygens (including phenoxy) is 1. The predicted molar refractivity (Wildman–Crippen MR) is 98.1 cm³/mol. The fraction of sp³-hybridized carbons (Fsp3) is 0.368. The van der Waals surface area contributed by atoms with Gasteiger partial charge in [0.2, 0.25) is 0 Å². The molecule has 0 saturated carbocycles. The van der Waals surface area contributed by atoms with Crippen LogP contribution in [0, 0.1) is 5.92 Å². The van der Waals surface area contributed by atoms with Gasteiger partial charge in [-0.05, 0) is 12.5 Å². The second-order valence-electron chi connectivity index (χ2n) is 6.83. The number of aliphatic imine (C=N–C) groups is 1. The number of carbonyl (C=O) groups is 1. The van der Waals surface area contributed by atoms with Crippen LogP contribution in [-0.4, -0.2) is 44.9 Å². The lowest BCUT2D eigenvalue weighted by Crippen LogP contribution is -2.27. The lowest BCUT2D eigenvalue weighted by molar-refractivity contribution is 0.00597. The minimum Gasteiger partial charge on any atom is -0.478 e. The van der Waals surface area contributed by atoms with E-state index >= 15 is 0 Å². The first-order chi connectivity index (χ1) is 13.1. The van der Waals surface area contributed by atoms with Crippen LogP contribution in [-0.2, 0) is 17.8 Å². The number of allylic oxidation sites excluding steroid dienone is 2. The number of hydrogen-bond acceptors (Lipinski definition) is 5. The number of aromatic nitrogens is 3. The van der Waals surface area contributed by atoms with Gasteiger partial charge in [0.1, 0.15) is 5.56 Å². The molecule has 1 saturated heterocycles. The number of aromatic carboxylic acids is 1. The van der Waals surface area contributed by atoms with Gasteiger partial charge in [-0.2, -0.15) is 5.10 Å². The van der Waals surface area contributed by atoms with Crippen LogP contribution in [0.1, 0.15) is 28.4 Å². The van der Waals surface area contributed by atoms with E-state index in [4.69, 9.17) is 4.74 Å².